The van der Waals surface area contributed by atoms with Gasteiger partial charge in [-0.3, -0.25) is 9.59 Å². The summed E-state index contributed by atoms with van der Waals surface area (Å²) in [6.45, 7) is 0.0578. The second kappa shape index (κ2) is 13.1. The first kappa shape index (κ1) is 35.5. The van der Waals surface area contributed by atoms with Crippen LogP contribution in [0.3, 0.4) is 0 Å². The summed E-state index contributed by atoms with van der Waals surface area (Å²) in [6, 6.07) is 14.5. The Labute approximate surface area is 325 Å². The Morgan fingerprint density at radius 2 is 1.04 bits per heavy atom. The number of nitrogens with two attached hydrogens (primary N) is 2. The van der Waals surface area contributed by atoms with Crippen molar-refractivity contribution < 1.29 is 38.2 Å². The van der Waals surface area contributed by atoms with E-state index in [1.807, 2.05) is 0 Å². The Hall–Kier alpha value is -5.56. The van der Waals surface area contributed by atoms with E-state index < -0.39 is 35.4 Å². The summed E-state index contributed by atoms with van der Waals surface area (Å²) in [4.78, 5) is 58.9. The summed E-state index contributed by atoms with van der Waals surface area (Å²) in [6.07, 6.45) is 0. The van der Waals surface area contributed by atoms with Gasteiger partial charge in [-0.25, -0.2) is 28.3 Å². The number of aryl methyl sites for hydroxylation is 2. The smallest absolute Gasteiger partial charge is 0.346 e. The molecule has 8 rings (SSSR count). The van der Waals surface area contributed by atoms with E-state index in [1.54, 1.807) is 21.3 Å². The van der Waals surface area contributed by atoms with Gasteiger partial charge in [-0.1, -0.05) is 31.9 Å². The number of carboxylic acid groups (broad SMARTS) is 2. The molecule has 4 aromatic heterocycles. The lowest BCUT2D eigenvalue weighted by atomic mass is 10.1. The minimum absolute atomic E-state index is 0.0289. The van der Waals surface area contributed by atoms with Crippen LogP contribution in [0.4, 0.5) is 8.78 Å². The number of primary amides is 2. The number of imidazole rings is 2. The van der Waals surface area contributed by atoms with Crippen LogP contribution >= 0.6 is 54.5 Å². The number of carbonyl (C=O) groups is 4. The van der Waals surface area contributed by atoms with Gasteiger partial charge in [0.2, 0.25) is 11.8 Å². The molecule has 0 atom stereocenters. The molecular weight excluding hydrogens is 874 g/mol. The largest absolute Gasteiger partial charge is 0.477 e. The average Bonchev–Trinajstić information content (AvgIpc) is 3.90. The summed E-state index contributed by atoms with van der Waals surface area (Å²) >= 11 is 8.42. The van der Waals surface area contributed by atoms with E-state index in [0.717, 1.165) is 22.7 Å². The molecule has 6 N–H and O–H groups in total. The molecule has 18 heteroatoms. The van der Waals surface area contributed by atoms with Gasteiger partial charge in [-0.2, -0.15) is 0 Å². The highest BCUT2D eigenvalue weighted by Crippen LogP contribution is 2.46. The lowest BCUT2D eigenvalue weighted by molar-refractivity contribution is 0.0692. The normalized spacial score (nSPS) is 11.7. The number of thiophene rings is 2. The van der Waals surface area contributed by atoms with Gasteiger partial charge >= 0.3 is 11.9 Å². The Morgan fingerprint density at radius 1 is 0.648 bits per heavy atom. The molecule has 54 heavy (non-hydrogen) atoms. The molecule has 0 aliphatic carbocycles. The van der Waals surface area contributed by atoms with Gasteiger partial charge in [0.15, 0.2) is 0 Å². The number of carboxylic acids is 2. The molecule has 0 aliphatic rings. The topological polar surface area (TPSA) is 196 Å². The highest BCUT2D eigenvalue weighted by Gasteiger charge is 2.30. The van der Waals surface area contributed by atoms with E-state index in [-0.39, 0.29) is 76.9 Å². The third kappa shape index (κ3) is 5.55. The summed E-state index contributed by atoms with van der Waals surface area (Å²) in [5.41, 5.74) is 13.2. The number of aromatic nitrogens is 4. The predicted octanol–water partition coefficient (Wildman–Crippen LogP) is 8.25. The summed E-state index contributed by atoms with van der Waals surface area (Å²) < 4.78 is 34.8. The summed E-state index contributed by atoms with van der Waals surface area (Å²) in [7, 11) is 0. The molecule has 0 bridgehead atoms. The zero-order valence-electron chi connectivity index (χ0n) is 27.0. The van der Waals surface area contributed by atoms with E-state index in [9.17, 15) is 29.4 Å². The lowest BCUT2D eigenvalue weighted by Gasteiger charge is -2.14. The van der Waals surface area contributed by atoms with Crippen LogP contribution in [-0.2, 0) is 13.1 Å². The van der Waals surface area contributed by atoms with Gasteiger partial charge in [-0.15, -0.1) is 22.7 Å². The van der Waals surface area contributed by atoms with Gasteiger partial charge < -0.3 is 30.8 Å². The van der Waals surface area contributed by atoms with Crippen LogP contribution in [0.1, 0.15) is 40.1 Å². The zero-order chi connectivity index (χ0) is 38.3. The van der Waals surface area contributed by atoms with E-state index in [2.05, 4.69) is 31.9 Å². The summed E-state index contributed by atoms with van der Waals surface area (Å²) in [5.74, 6) is -5.04. The van der Waals surface area contributed by atoms with Crippen molar-refractivity contribution in [3.8, 4) is 22.8 Å². The van der Waals surface area contributed by atoms with Crippen molar-refractivity contribution in [2.75, 3.05) is 0 Å². The van der Waals surface area contributed by atoms with Gasteiger partial charge in [0.05, 0.1) is 42.6 Å². The maximum Gasteiger partial charge on any atom is 0.346 e. The van der Waals surface area contributed by atoms with Crippen LogP contribution < -0.4 is 11.5 Å². The maximum absolute atomic E-state index is 15.2. The number of rotatable bonds is 9. The SMILES string of the molecule is NC(=O)c1ccc2c(c1)nc(-c1c(C(=O)O)sc3c(F)ccc(Br)c13)n2CCn1c(-c2c(C(=O)O)sc3c(F)ccc(Br)c23)nc2cc(C(N)=O)ccc21. The molecule has 270 valence electrons. The molecule has 8 aromatic rings. The molecule has 0 saturated carbocycles. The van der Waals surface area contributed by atoms with Crippen LogP contribution in [-0.4, -0.2) is 53.1 Å². The Bertz CT molecular complexity index is 2790. The van der Waals surface area contributed by atoms with Gasteiger partial charge in [0.1, 0.15) is 33.0 Å². The molecule has 4 heterocycles. The molecule has 0 radical (unpaired) electrons. The first-order valence-electron chi connectivity index (χ1n) is 15.6. The number of aromatic carboxylic acids is 2. The van der Waals surface area contributed by atoms with Crippen LogP contribution in [0.15, 0.2) is 69.6 Å². The van der Waals surface area contributed by atoms with E-state index in [0.29, 0.717) is 31.0 Å². The van der Waals surface area contributed by atoms with Crippen molar-refractivity contribution in [3.63, 3.8) is 0 Å². The van der Waals surface area contributed by atoms with Crippen LogP contribution in [0.5, 0.6) is 0 Å². The first-order valence-corrected chi connectivity index (χ1v) is 18.9. The first-order chi connectivity index (χ1) is 25.7. The predicted molar refractivity (Wildman–Crippen MR) is 207 cm³/mol. The van der Waals surface area contributed by atoms with Crippen molar-refractivity contribution in [2.45, 2.75) is 13.1 Å². The van der Waals surface area contributed by atoms with Gasteiger partial charge in [0, 0.05) is 43.9 Å². The Morgan fingerprint density at radius 3 is 1.39 bits per heavy atom. The molecule has 0 unspecified atom stereocenters. The molecule has 0 spiro atoms. The number of halogens is 4. The number of nitrogens with zero attached hydrogens (tertiary/aromatic N) is 4. The van der Waals surface area contributed by atoms with Crippen molar-refractivity contribution in [2.24, 2.45) is 11.5 Å². The number of carbonyl (C=O) groups excluding carboxylic acids is 2. The standard InChI is InChI=1S/C36H20Br2F2N6O6S2/c37-15-3-5-17(39)27-23(15)25(29(53-27)35(49)50)33-43-19-11-13(31(41)47)1-7-21(19)45(33)9-10-46-22-8-2-14(32(42)48)12-20(22)44-34(46)26-24-16(38)4-6-18(40)28(24)54-30(26)36(51)52/h1-8,11-12H,9-10H2,(H2,41,47)(H2,42,48)(H,49,50)(H,51,52). The van der Waals surface area contributed by atoms with Crippen molar-refractivity contribution in [1.29, 1.82) is 0 Å². The average molecular weight is 895 g/mol. The second-order valence-corrected chi connectivity index (χ2v) is 15.7. The van der Waals surface area contributed by atoms with Gasteiger partial charge in [-0.05, 0) is 60.7 Å². The van der Waals surface area contributed by atoms with E-state index in [4.69, 9.17) is 21.4 Å². The quantitative estimate of drug-likeness (QED) is 0.111. The third-order valence-corrected chi connectivity index (χ3v) is 12.6. The monoisotopic (exact) mass is 892 g/mol. The Balaban J connectivity index is 1.40. The van der Waals surface area contributed by atoms with Crippen molar-refractivity contribution in [3.05, 3.63) is 102 Å². The highest BCUT2D eigenvalue weighted by molar-refractivity contribution is 9.11. The molecule has 0 fully saturated rings. The van der Waals surface area contributed by atoms with E-state index in [1.165, 1.54) is 48.5 Å². The molecule has 12 nitrogen and oxygen atoms in total. The lowest BCUT2D eigenvalue weighted by Crippen LogP contribution is -2.12. The van der Waals surface area contributed by atoms with Crippen molar-refractivity contribution >= 4 is 121 Å². The van der Waals surface area contributed by atoms with Crippen LogP contribution in [0, 0.1) is 11.6 Å². The highest BCUT2D eigenvalue weighted by atomic mass is 79.9. The minimum Gasteiger partial charge on any atom is -0.477 e. The fourth-order valence-corrected chi connectivity index (χ4v) is 10.0. The number of hydrogen-bond donors (Lipinski definition) is 4. The van der Waals surface area contributed by atoms with Crippen LogP contribution in [0.25, 0.3) is 65.0 Å². The molecule has 2 amide bonds. The number of hydrogen-bond acceptors (Lipinski definition) is 8. The molecular formula is C36H20Br2F2N6O6S2. The van der Waals surface area contributed by atoms with E-state index >= 15 is 8.78 Å². The van der Waals surface area contributed by atoms with Gasteiger partial charge in [0.25, 0.3) is 0 Å². The molecule has 0 aliphatic heterocycles. The fourth-order valence-electron chi connectivity index (χ4n) is 6.59. The third-order valence-electron chi connectivity index (χ3n) is 8.93. The second-order valence-electron chi connectivity index (χ2n) is 12.0. The number of fused-ring (bicyclic) bond motifs is 4. The maximum atomic E-state index is 15.2. The summed E-state index contributed by atoms with van der Waals surface area (Å²) in [5, 5.41) is 21.2. The fraction of sp³-hybridized carbons (Fsp3) is 0.0556. The zero-order valence-corrected chi connectivity index (χ0v) is 31.8. The minimum atomic E-state index is -1.31. The number of benzene rings is 4. The van der Waals surface area contributed by atoms with Crippen molar-refractivity contribution in [1.82, 2.24) is 19.1 Å². The Kier molecular flexibility index (Phi) is 8.59. The molecule has 0 saturated heterocycles. The number of amides is 2. The van der Waals surface area contributed by atoms with Crippen LogP contribution in [0.2, 0.25) is 0 Å². The molecule has 4 aromatic carbocycles.